The molecule has 1 atom stereocenters. The standard InChI is InChI=1S/C13H12ClF2N3O/c1-8(19-13-10(14)5-17-7-18-13)6-20-12-3-2-9(15)4-11(12)16/h2-5,7-8H,6H2,1H3,(H,17,18,19). The third-order valence-electron chi connectivity index (χ3n) is 2.43. The van der Waals surface area contributed by atoms with E-state index in [1.165, 1.54) is 18.6 Å². The molecule has 20 heavy (non-hydrogen) atoms. The fourth-order valence-electron chi connectivity index (χ4n) is 1.50. The van der Waals surface area contributed by atoms with Gasteiger partial charge in [-0.15, -0.1) is 0 Å². The van der Waals surface area contributed by atoms with E-state index in [2.05, 4.69) is 15.3 Å². The Kier molecular flexibility index (Phi) is 4.68. The highest BCUT2D eigenvalue weighted by Crippen LogP contribution is 2.19. The number of ether oxygens (including phenoxy) is 1. The lowest BCUT2D eigenvalue weighted by Gasteiger charge is -2.16. The summed E-state index contributed by atoms with van der Waals surface area (Å²) in [6.07, 6.45) is 2.82. The van der Waals surface area contributed by atoms with Gasteiger partial charge in [-0.25, -0.2) is 18.7 Å². The molecule has 0 bridgehead atoms. The Morgan fingerprint density at radius 1 is 1.40 bits per heavy atom. The van der Waals surface area contributed by atoms with Crippen molar-refractivity contribution in [3.63, 3.8) is 0 Å². The molecule has 1 aromatic heterocycles. The van der Waals surface area contributed by atoms with Crippen LogP contribution in [0.3, 0.4) is 0 Å². The molecule has 2 aromatic rings. The Bertz CT molecular complexity index is 598. The molecule has 0 amide bonds. The Morgan fingerprint density at radius 2 is 2.20 bits per heavy atom. The molecule has 0 fully saturated rings. The van der Waals surface area contributed by atoms with Gasteiger partial charge in [0.1, 0.15) is 29.6 Å². The van der Waals surface area contributed by atoms with Gasteiger partial charge in [-0.3, -0.25) is 0 Å². The van der Waals surface area contributed by atoms with Crippen molar-refractivity contribution in [2.24, 2.45) is 0 Å². The number of anilines is 1. The fourth-order valence-corrected chi connectivity index (χ4v) is 1.66. The van der Waals surface area contributed by atoms with Gasteiger partial charge in [-0.2, -0.15) is 0 Å². The molecule has 0 radical (unpaired) electrons. The van der Waals surface area contributed by atoms with Crippen molar-refractivity contribution in [2.75, 3.05) is 11.9 Å². The van der Waals surface area contributed by atoms with Crippen molar-refractivity contribution in [3.8, 4) is 5.75 Å². The molecule has 106 valence electrons. The molecular weight excluding hydrogens is 288 g/mol. The van der Waals surface area contributed by atoms with E-state index < -0.39 is 11.6 Å². The van der Waals surface area contributed by atoms with Gasteiger partial charge in [-0.1, -0.05) is 11.6 Å². The minimum Gasteiger partial charge on any atom is -0.488 e. The normalized spacial score (nSPS) is 12.0. The van der Waals surface area contributed by atoms with Gasteiger partial charge in [0.25, 0.3) is 0 Å². The number of hydrogen-bond acceptors (Lipinski definition) is 4. The molecule has 0 spiro atoms. The van der Waals surface area contributed by atoms with Crippen molar-refractivity contribution >= 4 is 17.4 Å². The zero-order chi connectivity index (χ0) is 14.5. The van der Waals surface area contributed by atoms with E-state index in [1.54, 1.807) is 0 Å². The first kappa shape index (κ1) is 14.5. The number of aromatic nitrogens is 2. The second-order valence-corrected chi connectivity index (χ2v) is 4.56. The monoisotopic (exact) mass is 299 g/mol. The summed E-state index contributed by atoms with van der Waals surface area (Å²) in [6.45, 7) is 1.99. The van der Waals surface area contributed by atoms with Gasteiger partial charge in [0.2, 0.25) is 0 Å². The second-order valence-electron chi connectivity index (χ2n) is 4.15. The molecule has 7 heteroatoms. The molecule has 4 nitrogen and oxygen atoms in total. The van der Waals surface area contributed by atoms with E-state index in [1.807, 2.05) is 6.92 Å². The van der Waals surface area contributed by atoms with Crippen LogP contribution in [0.15, 0.2) is 30.7 Å². The summed E-state index contributed by atoms with van der Waals surface area (Å²) >= 11 is 5.90. The predicted octanol–water partition coefficient (Wildman–Crippen LogP) is 3.29. The number of nitrogens with zero attached hydrogens (tertiary/aromatic N) is 2. The number of hydrogen-bond donors (Lipinski definition) is 1. The van der Waals surface area contributed by atoms with Crippen LogP contribution in [0.5, 0.6) is 5.75 Å². The zero-order valence-corrected chi connectivity index (χ0v) is 11.4. The average molecular weight is 300 g/mol. The molecule has 1 heterocycles. The van der Waals surface area contributed by atoms with Crippen LogP contribution in [0.2, 0.25) is 5.02 Å². The topological polar surface area (TPSA) is 47.0 Å². The van der Waals surface area contributed by atoms with Crippen LogP contribution < -0.4 is 10.1 Å². The number of rotatable bonds is 5. The van der Waals surface area contributed by atoms with Crippen LogP contribution in [0.4, 0.5) is 14.6 Å². The van der Waals surface area contributed by atoms with E-state index >= 15 is 0 Å². The van der Waals surface area contributed by atoms with Crippen LogP contribution in [0.25, 0.3) is 0 Å². The highest BCUT2D eigenvalue weighted by atomic mass is 35.5. The summed E-state index contributed by atoms with van der Waals surface area (Å²) in [4.78, 5) is 7.74. The van der Waals surface area contributed by atoms with Crippen LogP contribution in [-0.2, 0) is 0 Å². The maximum Gasteiger partial charge on any atom is 0.167 e. The van der Waals surface area contributed by atoms with Crippen molar-refractivity contribution in [3.05, 3.63) is 47.4 Å². The van der Waals surface area contributed by atoms with Gasteiger partial charge in [-0.05, 0) is 19.1 Å². The smallest absolute Gasteiger partial charge is 0.167 e. The Balaban J connectivity index is 1.92. The van der Waals surface area contributed by atoms with Crippen LogP contribution in [0, 0.1) is 11.6 Å². The van der Waals surface area contributed by atoms with Crippen molar-refractivity contribution in [2.45, 2.75) is 13.0 Å². The van der Waals surface area contributed by atoms with E-state index in [-0.39, 0.29) is 18.4 Å². The highest BCUT2D eigenvalue weighted by Gasteiger charge is 2.10. The van der Waals surface area contributed by atoms with Gasteiger partial charge in [0.05, 0.1) is 12.2 Å². The SMILES string of the molecule is CC(COc1ccc(F)cc1F)Nc1ncncc1Cl. The van der Waals surface area contributed by atoms with Gasteiger partial charge < -0.3 is 10.1 Å². The summed E-state index contributed by atoms with van der Waals surface area (Å²) < 4.78 is 31.4. The van der Waals surface area contributed by atoms with Gasteiger partial charge >= 0.3 is 0 Å². The Morgan fingerprint density at radius 3 is 2.90 bits per heavy atom. The number of halogens is 3. The van der Waals surface area contributed by atoms with E-state index in [4.69, 9.17) is 16.3 Å². The van der Waals surface area contributed by atoms with Crippen molar-refractivity contribution in [1.82, 2.24) is 9.97 Å². The first-order valence-corrected chi connectivity index (χ1v) is 6.24. The van der Waals surface area contributed by atoms with Crippen molar-refractivity contribution in [1.29, 1.82) is 0 Å². The summed E-state index contributed by atoms with van der Waals surface area (Å²) in [5.41, 5.74) is 0. The lowest BCUT2D eigenvalue weighted by molar-refractivity contribution is 0.288. The zero-order valence-electron chi connectivity index (χ0n) is 10.6. The Hall–Kier alpha value is -1.95. The molecule has 1 N–H and O–H groups in total. The minimum atomic E-state index is -0.739. The summed E-state index contributed by atoms with van der Waals surface area (Å²) in [7, 11) is 0. The third kappa shape index (κ3) is 3.77. The molecule has 2 rings (SSSR count). The van der Waals surface area contributed by atoms with Crippen LogP contribution in [0.1, 0.15) is 6.92 Å². The molecule has 0 aliphatic carbocycles. The average Bonchev–Trinajstić information content (AvgIpc) is 2.40. The molecular formula is C13H12ClF2N3O. The molecule has 1 unspecified atom stereocenters. The van der Waals surface area contributed by atoms with Gasteiger partial charge in [0.15, 0.2) is 11.6 Å². The van der Waals surface area contributed by atoms with Crippen LogP contribution in [-0.4, -0.2) is 22.6 Å². The summed E-state index contributed by atoms with van der Waals surface area (Å²) in [5, 5.41) is 3.39. The Labute approximate surface area is 119 Å². The predicted molar refractivity (Wildman–Crippen MR) is 72.0 cm³/mol. The first-order chi connectivity index (χ1) is 9.56. The second kappa shape index (κ2) is 6.47. The molecule has 0 saturated carbocycles. The highest BCUT2D eigenvalue weighted by molar-refractivity contribution is 6.32. The number of benzene rings is 1. The lowest BCUT2D eigenvalue weighted by Crippen LogP contribution is -2.24. The van der Waals surface area contributed by atoms with Crippen molar-refractivity contribution < 1.29 is 13.5 Å². The van der Waals surface area contributed by atoms with E-state index in [9.17, 15) is 8.78 Å². The van der Waals surface area contributed by atoms with Crippen LogP contribution >= 0.6 is 11.6 Å². The van der Waals surface area contributed by atoms with E-state index in [0.29, 0.717) is 10.8 Å². The summed E-state index contributed by atoms with van der Waals surface area (Å²) in [5.74, 6) is -0.919. The lowest BCUT2D eigenvalue weighted by atomic mass is 10.3. The first-order valence-electron chi connectivity index (χ1n) is 5.86. The number of nitrogens with one attached hydrogen (secondary N) is 1. The third-order valence-corrected chi connectivity index (χ3v) is 2.71. The minimum absolute atomic E-state index is 0.00571. The summed E-state index contributed by atoms with van der Waals surface area (Å²) in [6, 6.07) is 2.98. The van der Waals surface area contributed by atoms with E-state index in [0.717, 1.165) is 12.1 Å². The molecule has 0 aliphatic heterocycles. The molecule has 1 aromatic carbocycles. The fraction of sp³-hybridized carbons (Fsp3) is 0.231. The van der Waals surface area contributed by atoms with Gasteiger partial charge in [0, 0.05) is 6.07 Å². The quantitative estimate of drug-likeness (QED) is 0.920. The largest absolute Gasteiger partial charge is 0.488 e. The maximum absolute atomic E-state index is 13.4. The maximum atomic E-state index is 13.4. The molecule has 0 saturated heterocycles. The molecule has 0 aliphatic rings.